The highest BCUT2D eigenvalue weighted by Crippen LogP contribution is 2.36. The summed E-state index contributed by atoms with van der Waals surface area (Å²) in [7, 11) is 0. The molecule has 20 heavy (non-hydrogen) atoms. The van der Waals surface area contributed by atoms with Crippen molar-refractivity contribution < 1.29 is 5.11 Å². The van der Waals surface area contributed by atoms with Crippen LogP contribution in [0.3, 0.4) is 0 Å². The average Bonchev–Trinajstić information content (AvgIpc) is 3.04. The quantitative estimate of drug-likeness (QED) is 0.886. The summed E-state index contributed by atoms with van der Waals surface area (Å²) in [5, 5.41) is 9.96. The first kappa shape index (κ1) is 13.5. The van der Waals surface area contributed by atoms with E-state index in [2.05, 4.69) is 34.1 Å². The Bertz CT molecular complexity index is 584. The molecule has 0 spiro atoms. The van der Waals surface area contributed by atoms with Crippen molar-refractivity contribution in [3.63, 3.8) is 0 Å². The Morgan fingerprint density at radius 3 is 3.00 bits per heavy atom. The zero-order valence-electron chi connectivity index (χ0n) is 11.3. The highest BCUT2D eigenvalue weighted by atomic mass is 32.1. The molecule has 3 N–H and O–H groups in total. The Balaban J connectivity index is 1.81. The van der Waals surface area contributed by atoms with Gasteiger partial charge in [-0.05, 0) is 24.0 Å². The van der Waals surface area contributed by atoms with Crippen LogP contribution in [0.5, 0.6) is 0 Å². The van der Waals surface area contributed by atoms with Gasteiger partial charge < -0.3 is 10.8 Å². The summed E-state index contributed by atoms with van der Waals surface area (Å²) in [5.41, 5.74) is 8.53. The number of aromatic nitrogens is 1. The van der Waals surface area contributed by atoms with E-state index in [0.717, 1.165) is 24.3 Å². The van der Waals surface area contributed by atoms with Crippen LogP contribution in [0.2, 0.25) is 0 Å². The maximum Gasteiger partial charge on any atom is 0.180 e. The fraction of sp³-hybridized carbons (Fsp3) is 0.400. The van der Waals surface area contributed by atoms with E-state index in [1.165, 1.54) is 22.5 Å². The van der Waals surface area contributed by atoms with Gasteiger partial charge in [-0.3, -0.25) is 4.90 Å². The van der Waals surface area contributed by atoms with E-state index in [0.29, 0.717) is 17.7 Å². The van der Waals surface area contributed by atoms with E-state index in [-0.39, 0.29) is 6.61 Å². The Labute approximate surface area is 122 Å². The maximum absolute atomic E-state index is 9.35. The zero-order chi connectivity index (χ0) is 13.9. The predicted octanol–water partition coefficient (Wildman–Crippen LogP) is 2.21. The number of nitrogen functional groups attached to an aromatic ring is 1. The number of fused-ring (bicyclic) bond motifs is 1. The molecule has 0 bridgehead atoms. The van der Waals surface area contributed by atoms with Gasteiger partial charge in [0.1, 0.15) is 0 Å². The standard InChI is InChI=1S/C15H19N3OS/c16-15-17-9-12(20-15)10-18(7-8-19)14-6-5-11-3-1-2-4-13(11)14/h1-4,9,14,19H,5-8,10H2,(H2,16,17). The topological polar surface area (TPSA) is 62.4 Å². The van der Waals surface area contributed by atoms with Crippen LogP contribution in [0.25, 0.3) is 0 Å². The van der Waals surface area contributed by atoms with Gasteiger partial charge in [0.05, 0.1) is 6.61 Å². The Morgan fingerprint density at radius 1 is 1.40 bits per heavy atom. The second-order valence-electron chi connectivity index (χ2n) is 5.11. The third-order valence-corrected chi connectivity index (χ3v) is 4.67. The van der Waals surface area contributed by atoms with E-state index in [1.54, 1.807) is 0 Å². The maximum atomic E-state index is 9.35. The predicted molar refractivity (Wildman–Crippen MR) is 81.5 cm³/mol. The third kappa shape index (κ3) is 2.70. The van der Waals surface area contributed by atoms with Crippen LogP contribution < -0.4 is 5.73 Å². The molecule has 1 unspecified atom stereocenters. The molecule has 0 saturated heterocycles. The number of aliphatic hydroxyl groups excluding tert-OH is 1. The summed E-state index contributed by atoms with van der Waals surface area (Å²) in [5.74, 6) is 0. The minimum atomic E-state index is 0.174. The van der Waals surface area contributed by atoms with Crippen molar-refractivity contribution in [1.29, 1.82) is 0 Å². The summed E-state index contributed by atoms with van der Waals surface area (Å²) in [6.07, 6.45) is 4.08. The molecular weight excluding hydrogens is 270 g/mol. The van der Waals surface area contributed by atoms with Gasteiger partial charge in [0, 0.05) is 30.2 Å². The molecule has 3 rings (SSSR count). The smallest absolute Gasteiger partial charge is 0.180 e. The lowest BCUT2D eigenvalue weighted by Crippen LogP contribution is -2.29. The number of hydrogen-bond donors (Lipinski definition) is 2. The normalized spacial score (nSPS) is 17.6. The molecule has 0 aliphatic heterocycles. The van der Waals surface area contributed by atoms with Gasteiger partial charge in [0.15, 0.2) is 5.13 Å². The summed E-state index contributed by atoms with van der Waals surface area (Å²) < 4.78 is 0. The van der Waals surface area contributed by atoms with E-state index < -0.39 is 0 Å². The van der Waals surface area contributed by atoms with Gasteiger partial charge in [-0.1, -0.05) is 24.3 Å². The monoisotopic (exact) mass is 289 g/mol. The first-order valence-corrected chi connectivity index (χ1v) is 7.72. The van der Waals surface area contributed by atoms with E-state index in [1.807, 2.05) is 6.20 Å². The van der Waals surface area contributed by atoms with Crippen molar-refractivity contribution in [1.82, 2.24) is 9.88 Å². The van der Waals surface area contributed by atoms with Crippen molar-refractivity contribution in [2.75, 3.05) is 18.9 Å². The lowest BCUT2D eigenvalue weighted by molar-refractivity contribution is 0.144. The van der Waals surface area contributed by atoms with Gasteiger partial charge in [0.2, 0.25) is 0 Å². The molecule has 1 aliphatic rings. The molecule has 1 aliphatic carbocycles. The molecule has 0 radical (unpaired) electrons. The molecule has 2 aromatic rings. The minimum Gasteiger partial charge on any atom is -0.395 e. The molecule has 1 aromatic heterocycles. The largest absolute Gasteiger partial charge is 0.395 e. The number of nitrogens with zero attached hydrogens (tertiary/aromatic N) is 2. The number of nitrogens with two attached hydrogens (primary N) is 1. The molecule has 0 saturated carbocycles. The lowest BCUT2D eigenvalue weighted by atomic mass is 10.1. The molecule has 1 aromatic carbocycles. The zero-order valence-corrected chi connectivity index (χ0v) is 12.1. The number of aliphatic hydroxyl groups is 1. The van der Waals surface area contributed by atoms with E-state index >= 15 is 0 Å². The molecule has 0 fully saturated rings. The van der Waals surface area contributed by atoms with Crippen molar-refractivity contribution >= 4 is 16.5 Å². The van der Waals surface area contributed by atoms with Crippen LogP contribution in [0.1, 0.15) is 28.5 Å². The highest BCUT2D eigenvalue weighted by molar-refractivity contribution is 7.15. The van der Waals surface area contributed by atoms with Gasteiger partial charge in [-0.2, -0.15) is 0 Å². The van der Waals surface area contributed by atoms with Crippen LogP contribution in [0.15, 0.2) is 30.5 Å². The Kier molecular flexibility index (Phi) is 4.00. The first-order valence-electron chi connectivity index (χ1n) is 6.91. The highest BCUT2D eigenvalue weighted by Gasteiger charge is 2.27. The van der Waals surface area contributed by atoms with Crippen molar-refractivity contribution in [2.45, 2.75) is 25.4 Å². The van der Waals surface area contributed by atoms with Gasteiger partial charge in [-0.25, -0.2) is 4.98 Å². The number of anilines is 1. The number of rotatable bonds is 5. The fourth-order valence-corrected chi connectivity index (χ4v) is 3.69. The van der Waals surface area contributed by atoms with Crippen LogP contribution in [-0.4, -0.2) is 28.1 Å². The molecule has 0 amide bonds. The second kappa shape index (κ2) is 5.91. The molecule has 1 atom stereocenters. The SMILES string of the molecule is Nc1ncc(CN(CCO)C2CCc3ccccc32)s1. The molecular formula is C15H19N3OS. The number of hydrogen-bond acceptors (Lipinski definition) is 5. The molecule has 1 heterocycles. The van der Waals surface area contributed by atoms with Crippen molar-refractivity contribution in [2.24, 2.45) is 0 Å². The minimum absolute atomic E-state index is 0.174. The van der Waals surface area contributed by atoms with E-state index in [4.69, 9.17) is 5.73 Å². The van der Waals surface area contributed by atoms with Gasteiger partial charge >= 0.3 is 0 Å². The Morgan fingerprint density at radius 2 is 2.25 bits per heavy atom. The van der Waals surface area contributed by atoms with Crippen LogP contribution >= 0.6 is 11.3 Å². The molecule has 106 valence electrons. The number of aryl methyl sites for hydroxylation is 1. The van der Waals surface area contributed by atoms with Crippen molar-refractivity contribution in [3.8, 4) is 0 Å². The summed E-state index contributed by atoms with van der Waals surface area (Å²) >= 11 is 1.53. The molecule has 4 nitrogen and oxygen atoms in total. The van der Waals surface area contributed by atoms with E-state index in [9.17, 15) is 5.11 Å². The number of benzene rings is 1. The van der Waals surface area contributed by atoms with Gasteiger partial charge in [0.25, 0.3) is 0 Å². The number of thiazole rings is 1. The van der Waals surface area contributed by atoms with Crippen molar-refractivity contribution in [3.05, 3.63) is 46.5 Å². The first-order chi connectivity index (χ1) is 9.78. The third-order valence-electron chi connectivity index (χ3n) is 3.86. The summed E-state index contributed by atoms with van der Waals surface area (Å²) in [6.45, 7) is 1.65. The lowest BCUT2D eigenvalue weighted by Gasteiger charge is -2.28. The van der Waals surface area contributed by atoms with Crippen LogP contribution in [-0.2, 0) is 13.0 Å². The molecule has 5 heteroatoms. The average molecular weight is 289 g/mol. The van der Waals surface area contributed by atoms with Crippen LogP contribution in [0, 0.1) is 0 Å². The second-order valence-corrected chi connectivity index (χ2v) is 6.26. The van der Waals surface area contributed by atoms with Gasteiger partial charge in [-0.15, -0.1) is 11.3 Å². The summed E-state index contributed by atoms with van der Waals surface area (Å²) in [6, 6.07) is 9.00. The fourth-order valence-electron chi connectivity index (χ4n) is 2.98. The Hall–Kier alpha value is -1.43. The van der Waals surface area contributed by atoms with Crippen LogP contribution in [0.4, 0.5) is 5.13 Å². The summed E-state index contributed by atoms with van der Waals surface area (Å²) in [4.78, 5) is 7.59.